The summed E-state index contributed by atoms with van der Waals surface area (Å²) in [6.45, 7) is 0. The lowest BCUT2D eigenvalue weighted by molar-refractivity contribution is -0.130. The molecule has 0 unspecified atom stereocenters. The van der Waals surface area contributed by atoms with Crippen LogP contribution in [0.4, 0.5) is 0 Å². The van der Waals surface area contributed by atoms with Crippen LogP contribution in [0.1, 0.15) is 50.0 Å². The van der Waals surface area contributed by atoms with Gasteiger partial charge in [-0.2, -0.15) is 0 Å². The van der Waals surface area contributed by atoms with Crippen LogP contribution in [0, 0.1) is 5.92 Å². The Labute approximate surface area is 135 Å². The van der Waals surface area contributed by atoms with Gasteiger partial charge in [-0.05, 0) is 25.3 Å². The lowest BCUT2D eigenvalue weighted by Gasteiger charge is -2.42. The molecule has 0 amide bonds. The van der Waals surface area contributed by atoms with Crippen LogP contribution in [0.25, 0.3) is 0 Å². The number of Topliss-reactive ketones (excluding diaryl/α,β-unsaturated/α-hetero) is 2. The summed E-state index contributed by atoms with van der Waals surface area (Å²) in [4.78, 5) is 25.1. The molecule has 4 heteroatoms. The van der Waals surface area contributed by atoms with E-state index in [2.05, 4.69) is 0 Å². The van der Waals surface area contributed by atoms with Gasteiger partial charge in [0.2, 0.25) is 0 Å². The summed E-state index contributed by atoms with van der Waals surface area (Å²) in [6.07, 6.45) is 3.65. The number of ether oxygens (including phenoxy) is 1. The molecule has 0 aromatic heterocycles. The molecule has 1 fully saturated rings. The van der Waals surface area contributed by atoms with E-state index in [1.54, 1.807) is 0 Å². The van der Waals surface area contributed by atoms with Crippen molar-refractivity contribution in [2.24, 2.45) is 5.92 Å². The first-order valence-electron chi connectivity index (χ1n) is 8.40. The summed E-state index contributed by atoms with van der Waals surface area (Å²) in [5.74, 6) is 0.336. The second-order valence-electron chi connectivity index (χ2n) is 6.69. The fourth-order valence-electron chi connectivity index (χ4n) is 4.30. The van der Waals surface area contributed by atoms with Crippen molar-refractivity contribution in [3.63, 3.8) is 0 Å². The fraction of sp³-hybridized carbons (Fsp3) is 0.474. The Morgan fingerprint density at radius 2 is 1.87 bits per heavy atom. The molecule has 1 N–H and O–H groups in total. The Hall–Kier alpha value is -2.10. The van der Waals surface area contributed by atoms with Crippen LogP contribution in [0.5, 0.6) is 5.75 Å². The number of hydrogen-bond donors (Lipinski definition) is 1. The number of allylic oxidation sites excluding steroid dienone is 2. The third-order valence-corrected chi connectivity index (χ3v) is 5.32. The highest BCUT2D eigenvalue weighted by Gasteiger charge is 2.48. The van der Waals surface area contributed by atoms with Crippen LogP contribution in [-0.4, -0.2) is 22.8 Å². The number of hydrogen-bond acceptors (Lipinski definition) is 4. The molecule has 0 bridgehead atoms. The van der Waals surface area contributed by atoms with E-state index >= 15 is 0 Å². The van der Waals surface area contributed by atoms with Gasteiger partial charge in [-0.25, -0.2) is 0 Å². The van der Waals surface area contributed by atoms with Gasteiger partial charge in [0.1, 0.15) is 17.6 Å². The van der Waals surface area contributed by atoms with Crippen LogP contribution in [0.2, 0.25) is 0 Å². The summed E-state index contributed by atoms with van der Waals surface area (Å²) < 4.78 is 6.06. The zero-order valence-corrected chi connectivity index (χ0v) is 13.0. The van der Waals surface area contributed by atoms with Crippen molar-refractivity contribution in [2.45, 2.75) is 50.5 Å². The van der Waals surface area contributed by atoms with E-state index in [4.69, 9.17) is 4.74 Å². The third kappa shape index (κ3) is 2.28. The molecule has 4 nitrogen and oxygen atoms in total. The van der Waals surface area contributed by atoms with Gasteiger partial charge in [0.05, 0.1) is 11.7 Å². The lowest BCUT2D eigenvalue weighted by atomic mass is 9.67. The maximum absolute atomic E-state index is 12.6. The molecule has 1 heterocycles. The SMILES string of the molecule is O=C1CCCC(O)=C1[C@H]1c2ccccc2O[C@@H]2CCCC(=O)[C@@H]21. The number of carbonyl (C=O) groups excluding carboxylic acids is 2. The van der Waals surface area contributed by atoms with E-state index < -0.39 is 0 Å². The molecule has 2 aliphatic carbocycles. The van der Waals surface area contributed by atoms with Gasteiger partial charge in [0.15, 0.2) is 5.78 Å². The number of carbonyl (C=O) groups is 2. The molecule has 0 saturated heterocycles. The topological polar surface area (TPSA) is 63.6 Å². The van der Waals surface area contributed by atoms with Crippen LogP contribution < -0.4 is 4.74 Å². The van der Waals surface area contributed by atoms with Gasteiger partial charge < -0.3 is 9.84 Å². The van der Waals surface area contributed by atoms with Crippen molar-refractivity contribution >= 4 is 11.6 Å². The smallest absolute Gasteiger partial charge is 0.162 e. The standard InChI is InChI=1S/C19H20O4/c20-12-6-3-7-13(21)18(12)17-11-5-1-2-9-15(11)23-16-10-4-8-14(22)19(16)17/h1-2,5,9,16-17,19-20H,3-4,6-8,10H2/t16-,17-,19+/m1/s1. The summed E-state index contributed by atoms with van der Waals surface area (Å²) >= 11 is 0. The Morgan fingerprint density at radius 3 is 2.70 bits per heavy atom. The fourth-order valence-corrected chi connectivity index (χ4v) is 4.30. The van der Waals surface area contributed by atoms with E-state index in [1.165, 1.54) is 0 Å². The number of ketones is 2. The van der Waals surface area contributed by atoms with Crippen LogP contribution >= 0.6 is 0 Å². The molecule has 1 aliphatic heterocycles. The Bertz CT molecular complexity index is 703. The second-order valence-corrected chi connectivity index (χ2v) is 6.69. The first-order chi connectivity index (χ1) is 11.2. The van der Waals surface area contributed by atoms with Gasteiger partial charge in [0.25, 0.3) is 0 Å². The normalized spacial score (nSPS) is 30.5. The number of fused-ring (bicyclic) bond motifs is 2. The molecule has 1 aromatic carbocycles. The predicted molar refractivity (Wildman–Crippen MR) is 84.5 cm³/mol. The van der Waals surface area contributed by atoms with Crippen molar-refractivity contribution in [3.8, 4) is 5.75 Å². The van der Waals surface area contributed by atoms with Crippen molar-refractivity contribution in [1.29, 1.82) is 0 Å². The Kier molecular flexibility index (Phi) is 3.47. The minimum absolute atomic E-state index is 0.0208. The number of aliphatic hydroxyl groups is 1. The second kappa shape index (κ2) is 5.52. The predicted octanol–water partition coefficient (Wildman–Crippen LogP) is 3.47. The minimum atomic E-state index is -0.356. The Morgan fingerprint density at radius 1 is 1.04 bits per heavy atom. The molecule has 3 atom stereocenters. The van der Waals surface area contributed by atoms with Crippen LogP contribution in [0.3, 0.4) is 0 Å². The summed E-state index contributed by atoms with van der Waals surface area (Å²) in [6, 6.07) is 7.61. The molecular formula is C19H20O4. The lowest BCUT2D eigenvalue weighted by Crippen LogP contribution is -2.45. The molecule has 23 heavy (non-hydrogen) atoms. The first-order valence-corrected chi connectivity index (χ1v) is 8.40. The van der Waals surface area contributed by atoms with E-state index in [0.29, 0.717) is 31.3 Å². The van der Waals surface area contributed by atoms with E-state index in [9.17, 15) is 14.7 Å². The van der Waals surface area contributed by atoms with Gasteiger partial charge >= 0.3 is 0 Å². The molecule has 1 aromatic rings. The molecule has 4 rings (SSSR count). The van der Waals surface area contributed by atoms with Crippen molar-refractivity contribution in [2.75, 3.05) is 0 Å². The van der Waals surface area contributed by atoms with Gasteiger partial charge in [0, 0.05) is 36.3 Å². The third-order valence-electron chi connectivity index (χ3n) is 5.32. The highest BCUT2D eigenvalue weighted by Crippen LogP contribution is 2.49. The molecule has 0 spiro atoms. The van der Waals surface area contributed by atoms with Gasteiger partial charge in [-0.15, -0.1) is 0 Å². The van der Waals surface area contributed by atoms with Crippen LogP contribution in [0.15, 0.2) is 35.6 Å². The first kappa shape index (κ1) is 14.5. The maximum Gasteiger partial charge on any atom is 0.162 e. The zero-order chi connectivity index (χ0) is 16.0. The summed E-state index contributed by atoms with van der Waals surface area (Å²) in [5.41, 5.74) is 1.32. The van der Waals surface area contributed by atoms with E-state index in [-0.39, 0.29) is 35.3 Å². The largest absolute Gasteiger partial charge is 0.512 e. The molecule has 1 saturated carbocycles. The molecule has 3 aliphatic rings. The highest BCUT2D eigenvalue weighted by molar-refractivity contribution is 6.00. The van der Waals surface area contributed by atoms with Crippen molar-refractivity contribution < 1.29 is 19.4 Å². The van der Waals surface area contributed by atoms with E-state index in [0.717, 1.165) is 24.2 Å². The summed E-state index contributed by atoms with van der Waals surface area (Å²) in [7, 11) is 0. The molecule has 120 valence electrons. The minimum Gasteiger partial charge on any atom is -0.512 e. The summed E-state index contributed by atoms with van der Waals surface area (Å²) in [5, 5.41) is 10.4. The average Bonchev–Trinajstić information content (AvgIpc) is 2.54. The van der Waals surface area contributed by atoms with Gasteiger partial charge in [-0.1, -0.05) is 18.2 Å². The van der Waals surface area contributed by atoms with Crippen molar-refractivity contribution in [3.05, 3.63) is 41.2 Å². The average molecular weight is 312 g/mol. The zero-order valence-electron chi connectivity index (χ0n) is 13.0. The highest BCUT2D eigenvalue weighted by atomic mass is 16.5. The van der Waals surface area contributed by atoms with Gasteiger partial charge in [-0.3, -0.25) is 9.59 Å². The number of rotatable bonds is 1. The number of benzene rings is 1. The number of aliphatic hydroxyl groups excluding tert-OH is 1. The van der Waals surface area contributed by atoms with Crippen molar-refractivity contribution in [1.82, 2.24) is 0 Å². The Balaban J connectivity index is 1.90. The quantitative estimate of drug-likeness (QED) is 0.862. The monoisotopic (exact) mass is 312 g/mol. The molecule has 0 radical (unpaired) electrons. The van der Waals surface area contributed by atoms with Crippen LogP contribution in [-0.2, 0) is 9.59 Å². The molecular weight excluding hydrogens is 292 g/mol. The maximum atomic E-state index is 12.6. The van der Waals surface area contributed by atoms with E-state index in [1.807, 2.05) is 24.3 Å². The number of para-hydroxylation sites is 1.